The van der Waals surface area contributed by atoms with E-state index in [-0.39, 0.29) is 24.2 Å². The number of carbonyl (C=O) groups is 2. The van der Waals surface area contributed by atoms with Crippen molar-refractivity contribution in [2.24, 2.45) is 0 Å². The number of amides is 2. The number of rotatable bonds is 5. The van der Waals surface area contributed by atoms with Gasteiger partial charge in [0.1, 0.15) is 17.4 Å². The van der Waals surface area contributed by atoms with Crippen molar-refractivity contribution < 1.29 is 19.4 Å². The lowest BCUT2D eigenvalue weighted by Gasteiger charge is -2.35. The molecule has 1 fully saturated rings. The third-order valence-corrected chi connectivity index (χ3v) is 6.42. The number of nitrogens with one attached hydrogen (secondary N) is 3. The Morgan fingerprint density at radius 2 is 2.03 bits per heavy atom. The molecule has 178 valence electrons. The Hall–Kier alpha value is -4.07. The first-order chi connectivity index (χ1) is 16.9. The molecule has 10 nitrogen and oxygen atoms in total. The van der Waals surface area contributed by atoms with E-state index >= 15 is 0 Å². The molecule has 0 radical (unpaired) electrons. The summed E-state index contributed by atoms with van der Waals surface area (Å²) in [6.07, 6.45) is 1.83. The second-order valence-electron chi connectivity index (χ2n) is 8.81. The Bertz CT molecular complexity index is 1340. The van der Waals surface area contributed by atoms with Crippen LogP contribution in [0.2, 0.25) is 0 Å². The normalized spacial score (nSPS) is 21.4. The van der Waals surface area contributed by atoms with Crippen molar-refractivity contribution in [2.75, 3.05) is 17.2 Å². The number of nitriles is 1. The quantitative estimate of drug-likeness (QED) is 0.442. The van der Waals surface area contributed by atoms with E-state index in [9.17, 15) is 14.7 Å². The van der Waals surface area contributed by atoms with Crippen molar-refractivity contribution in [1.82, 2.24) is 15.3 Å². The van der Waals surface area contributed by atoms with Gasteiger partial charge in [0.05, 0.1) is 16.9 Å². The van der Waals surface area contributed by atoms with E-state index in [1.54, 1.807) is 30.3 Å². The number of aliphatic hydroxyl groups is 1. The zero-order chi connectivity index (χ0) is 24.4. The number of para-hydroxylation sites is 1. The molecule has 35 heavy (non-hydrogen) atoms. The van der Waals surface area contributed by atoms with Crippen LogP contribution in [-0.4, -0.2) is 45.1 Å². The second-order valence-corrected chi connectivity index (χ2v) is 8.81. The number of hydrogen-bond donors (Lipinski definition) is 4. The fourth-order valence-electron chi connectivity index (χ4n) is 4.43. The zero-order valence-corrected chi connectivity index (χ0v) is 18.9. The Labute approximate surface area is 201 Å². The highest BCUT2D eigenvalue weighted by Crippen LogP contribution is 2.31. The van der Waals surface area contributed by atoms with Gasteiger partial charge in [0, 0.05) is 18.0 Å². The molecular weight excluding hydrogens is 448 g/mol. The largest absolute Gasteiger partial charge is 0.480 e. The molecular formula is C25H24N6O4. The van der Waals surface area contributed by atoms with E-state index < -0.39 is 11.5 Å². The number of hydrogen-bond acceptors (Lipinski definition) is 8. The van der Waals surface area contributed by atoms with E-state index in [2.05, 4.69) is 25.9 Å². The van der Waals surface area contributed by atoms with Crippen LogP contribution >= 0.6 is 0 Å². The summed E-state index contributed by atoms with van der Waals surface area (Å²) < 4.78 is 5.33. The number of fused-ring (bicyclic) bond motifs is 2. The third kappa shape index (κ3) is 4.77. The summed E-state index contributed by atoms with van der Waals surface area (Å²) >= 11 is 0. The first kappa shape index (κ1) is 22.7. The minimum atomic E-state index is -1.49. The summed E-state index contributed by atoms with van der Waals surface area (Å²) in [6.45, 7) is 0.476. The van der Waals surface area contributed by atoms with Crippen LogP contribution in [-0.2, 0) is 16.1 Å². The Kier molecular flexibility index (Phi) is 6.03. The highest BCUT2D eigenvalue weighted by Gasteiger charge is 2.40. The fourth-order valence-corrected chi connectivity index (χ4v) is 4.43. The van der Waals surface area contributed by atoms with Crippen LogP contribution in [0.25, 0.3) is 10.9 Å². The SMILES string of the molecule is N#Cc1ccc2cccc(NC(=O)C3(O)CCC(NCc4ccc5c(n4)NC(=O)CO5)CC3)c2n1. The highest BCUT2D eigenvalue weighted by atomic mass is 16.5. The van der Waals surface area contributed by atoms with Gasteiger partial charge < -0.3 is 25.8 Å². The van der Waals surface area contributed by atoms with E-state index in [1.807, 2.05) is 18.2 Å². The molecule has 1 aromatic carbocycles. The molecule has 0 atom stereocenters. The maximum atomic E-state index is 13.0. The molecule has 2 aromatic heterocycles. The van der Waals surface area contributed by atoms with Gasteiger partial charge in [-0.15, -0.1) is 0 Å². The average Bonchev–Trinajstić information content (AvgIpc) is 2.88. The van der Waals surface area contributed by atoms with E-state index in [1.165, 1.54) is 0 Å². The minimum absolute atomic E-state index is 0.0112. The number of anilines is 2. The number of ether oxygens (including phenoxy) is 1. The maximum Gasteiger partial charge on any atom is 0.263 e. The Balaban J connectivity index is 1.19. The van der Waals surface area contributed by atoms with Gasteiger partial charge in [0.2, 0.25) is 0 Å². The molecule has 0 unspecified atom stereocenters. The Morgan fingerprint density at radius 1 is 1.20 bits per heavy atom. The first-order valence-electron chi connectivity index (χ1n) is 11.4. The summed E-state index contributed by atoms with van der Waals surface area (Å²) in [5.74, 6) is 0.261. The molecule has 0 bridgehead atoms. The van der Waals surface area contributed by atoms with Gasteiger partial charge in [-0.1, -0.05) is 12.1 Å². The molecule has 0 spiro atoms. The van der Waals surface area contributed by atoms with Crippen LogP contribution in [0.5, 0.6) is 5.75 Å². The van der Waals surface area contributed by atoms with Crippen LogP contribution < -0.4 is 20.7 Å². The summed E-state index contributed by atoms with van der Waals surface area (Å²) in [5.41, 5.74) is 0.505. The monoisotopic (exact) mass is 472 g/mol. The zero-order valence-electron chi connectivity index (χ0n) is 18.9. The van der Waals surface area contributed by atoms with Crippen molar-refractivity contribution in [1.29, 1.82) is 5.26 Å². The van der Waals surface area contributed by atoms with Crippen molar-refractivity contribution in [2.45, 2.75) is 43.9 Å². The lowest BCUT2D eigenvalue weighted by Crippen LogP contribution is -2.48. The number of aromatic nitrogens is 2. The van der Waals surface area contributed by atoms with E-state index in [0.717, 1.165) is 11.1 Å². The first-order valence-corrected chi connectivity index (χ1v) is 11.4. The summed E-state index contributed by atoms with van der Waals surface area (Å²) in [5, 5.41) is 29.9. The maximum absolute atomic E-state index is 13.0. The van der Waals surface area contributed by atoms with Gasteiger partial charge in [-0.2, -0.15) is 5.26 Å². The highest BCUT2D eigenvalue weighted by molar-refractivity contribution is 6.03. The summed E-state index contributed by atoms with van der Waals surface area (Å²) in [7, 11) is 0. The minimum Gasteiger partial charge on any atom is -0.480 e. The average molecular weight is 473 g/mol. The molecule has 2 amide bonds. The summed E-state index contributed by atoms with van der Waals surface area (Å²) in [4.78, 5) is 33.2. The lowest BCUT2D eigenvalue weighted by molar-refractivity contribution is -0.137. The molecule has 3 heterocycles. The van der Waals surface area contributed by atoms with Crippen molar-refractivity contribution >= 4 is 34.2 Å². The van der Waals surface area contributed by atoms with Crippen LogP contribution in [0.3, 0.4) is 0 Å². The molecule has 1 aliphatic heterocycles. The topological polar surface area (TPSA) is 149 Å². The molecule has 1 saturated carbocycles. The standard InChI is InChI=1S/C25H24N6O4/c26-12-17-5-4-15-2-1-3-19(22(15)28-17)30-24(33)25(34)10-8-16(9-11-25)27-13-18-6-7-20-23(29-18)31-21(32)14-35-20/h1-7,16,27,34H,8-11,13-14H2,(H,30,33)(H,29,31,32). The van der Waals surface area contributed by atoms with Gasteiger partial charge in [-0.25, -0.2) is 9.97 Å². The third-order valence-electron chi connectivity index (χ3n) is 6.42. The predicted molar refractivity (Wildman–Crippen MR) is 127 cm³/mol. The van der Waals surface area contributed by atoms with Crippen LogP contribution in [0, 0.1) is 11.3 Å². The number of pyridine rings is 2. The smallest absolute Gasteiger partial charge is 0.263 e. The molecule has 4 N–H and O–H groups in total. The number of benzene rings is 1. The molecule has 0 saturated heterocycles. The van der Waals surface area contributed by atoms with E-state index in [0.29, 0.717) is 55.0 Å². The van der Waals surface area contributed by atoms with E-state index in [4.69, 9.17) is 10.00 Å². The van der Waals surface area contributed by atoms with Crippen LogP contribution in [0.15, 0.2) is 42.5 Å². The van der Waals surface area contributed by atoms with Crippen molar-refractivity contribution in [3.63, 3.8) is 0 Å². The van der Waals surface area contributed by atoms with Gasteiger partial charge in [-0.05, 0) is 56.0 Å². The predicted octanol–water partition coefficient (Wildman–Crippen LogP) is 2.23. The molecule has 1 aliphatic carbocycles. The van der Waals surface area contributed by atoms with Gasteiger partial charge in [0.25, 0.3) is 11.8 Å². The van der Waals surface area contributed by atoms with Gasteiger partial charge in [0.15, 0.2) is 18.2 Å². The second kappa shape index (κ2) is 9.29. The van der Waals surface area contributed by atoms with Gasteiger partial charge >= 0.3 is 0 Å². The van der Waals surface area contributed by atoms with Gasteiger partial charge in [-0.3, -0.25) is 9.59 Å². The Morgan fingerprint density at radius 3 is 2.83 bits per heavy atom. The fraction of sp³-hybridized carbons (Fsp3) is 0.320. The lowest BCUT2D eigenvalue weighted by atomic mass is 9.81. The van der Waals surface area contributed by atoms with Crippen LogP contribution in [0.1, 0.15) is 37.1 Å². The van der Waals surface area contributed by atoms with Crippen LogP contribution in [0.4, 0.5) is 11.5 Å². The molecule has 2 aliphatic rings. The number of carbonyl (C=O) groups excluding carboxylic acids is 2. The van der Waals surface area contributed by atoms with Crippen molar-refractivity contribution in [3.8, 4) is 11.8 Å². The van der Waals surface area contributed by atoms with Crippen molar-refractivity contribution in [3.05, 3.63) is 53.9 Å². The molecule has 10 heteroatoms. The summed E-state index contributed by atoms with van der Waals surface area (Å²) in [6, 6.07) is 14.5. The molecule has 5 rings (SSSR count). The molecule has 3 aromatic rings. The number of nitrogens with zero attached hydrogens (tertiary/aromatic N) is 3.